The van der Waals surface area contributed by atoms with Gasteiger partial charge in [-0.3, -0.25) is 4.79 Å². The number of nitrogens with one attached hydrogen (secondary N) is 2. The Kier molecular flexibility index (Phi) is 5.96. The summed E-state index contributed by atoms with van der Waals surface area (Å²) in [5.74, 6) is 1.22. The van der Waals surface area contributed by atoms with Crippen molar-refractivity contribution in [2.75, 3.05) is 24.9 Å². The van der Waals surface area contributed by atoms with E-state index in [2.05, 4.69) is 20.6 Å². The number of carbonyl (C=O) groups is 1. The molecular weight excluding hydrogens is 380 g/mol. The van der Waals surface area contributed by atoms with Gasteiger partial charge >= 0.3 is 0 Å². The van der Waals surface area contributed by atoms with Gasteiger partial charge in [-0.05, 0) is 36.8 Å². The molecule has 0 aliphatic heterocycles. The minimum absolute atomic E-state index is 0.183. The maximum atomic E-state index is 12.4. The quantitative estimate of drug-likeness (QED) is 0.638. The van der Waals surface area contributed by atoms with E-state index in [1.807, 2.05) is 25.1 Å². The minimum atomic E-state index is -0.384. The van der Waals surface area contributed by atoms with Crippen molar-refractivity contribution < 1.29 is 14.3 Å². The van der Waals surface area contributed by atoms with Crippen molar-refractivity contribution in [2.24, 2.45) is 0 Å². The fourth-order valence-electron chi connectivity index (χ4n) is 2.50. The highest BCUT2D eigenvalue weighted by atomic mass is 35.5. The summed E-state index contributed by atoms with van der Waals surface area (Å²) in [6, 6.07) is 10.6. The Balaban J connectivity index is 1.71. The lowest BCUT2D eigenvalue weighted by molar-refractivity contribution is 0.102. The van der Waals surface area contributed by atoms with Crippen LogP contribution in [-0.4, -0.2) is 30.1 Å². The molecule has 0 spiro atoms. The molecule has 1 aromatic heterocycles. The Morgan fingerprint density at radius 1 is 1.04 bits per heavy atom. The lowest BCUT2D eigenvalue weighted by atomic mass is 10.2. The lowest BCUT2D eigenvalue weighted by Gasteiger charge is -2.11. The molecule has 0 saturated carbocycles. The van der Waals surface area contributed by atoms with E-state index in [9.17, 15) is 4.79 Å². The van der Waals surface area contributed by atoms with Crippen LogP contribution in [0.4, 0.5) is 17.2 Å². The number of hydrogen-bond acceptors (Lipinski definition) is 6. The summed E-state index contributed by atoms with van der Waals surface area (Å²) >= 11 is 6.12. The summed E-state index contributed by atoms with van der Waals surface area (Å²) in [4.78, 5) is 20.8. The van der Waals surface area contributed by atoms with Gasteiger partial charge in [0.25, 0.3) is 5.91 Å². The molecule has 2 N–H and O–H groups in total. The molecule has 144 valence electrons. The Morgan fingerprint density at radius 2 is 1.82 bits per heavy atom. The fraction of sp³-hybridized carbons (Fsp3) is 0.150. The van der Waals surface area contributed by atoms with Crippen molar-refractivity contribution in [1.29, 1.82) is 0 Å². The molecule has 0 radical (unpaired) electrons. The normalized spacial score (nSPS) is 10.3. The van der Waals surface area contributed by atoms with Crippen LogP contribution in [0.3, 0.4) is 0 Å². The lowest BCUT2D eigenvalue weighted by Crippen LogP contribution is -2.14. The molecule has 1 heterocycles. The average molecular weight is 399 g/mol. The molecule has 1 amide bonds. The maximum Gasteiger partial charge on any atom is 0.275 e. The second-order valence-electron chi connectivity index (χ2n) is 5.85. The predicted octanol–water partition coefficient (Wildman–Crippen LogP) is 4.45. The van der Waals surface area contributed by atoms with Crippen LogP contribution < -0.4 is 20.1 Å². The van der Waals surface area contributed by atoms with Crippen molar-refractivity contribution in [3.8, 4) is 11.5 Å². The van der Waals surface area contributed by atoms with E-state index in [1.54, 1.807) is 25.3 Å². The van der Waals surface area contributed by atoms with Gasteiger partial charge in [-0.1, -0.05) is 17.7 Å². The van der Waals surface area contributed by atoms with E-state index in [-0.39, 0.29) is 11.6 Å². The van der Waals surface area contributed by atoms with Crippen molar-refractivity contribution in [3.05, 3.63) is 65.1 Å². The molecule has 3 aromatic rings. The number of methoxy groups -OCH3 is 2. The molecule has 3 rings (SSSR count). The molecule has 0 atom stereocenters. The van der Waals surface area contributed by atoms with Gasteiger partial charge in [0.2, 0.25) is 0 Å². The van der Waals surface area contributed by atoms with Crippen LogP contribution in [0.2, 0.25) is 5.02 Å². The predicted molar refractivity (Wildman–Crippen MR) is 109 cm³/mol. The number of anilines is 3. The first-order valence-corrected chi connectivity index (χ1v) is 8.77. The van der Waals surface area contributed by atoms with E-state index >= 15 is 0 Å². The second kappa shape index (κ2) is 8.58. The Hall–Kier alpha value is -3.32. The molecule has 28 heavy (non-hydrogen) atoms. The zero-order valence-electron chi connectivity index (χ0n) is 15.6. The van der Waals surface area contributed by atoms with Gasteiger partial charge in [-0.2, -0.15) is 0 Å². The maximum absolute atomic E-state index is 12.4. The van der Waals surface area contributed by atoms with Crippen LogP contribution in [0, 0.1) is 6.92 Å². The van der Waals surface area contributed by atoms with Crippen LogP contribution in [-0.2, 0) is 0 Å². The molecule has 0 bridgehead atoms. The summed E-state index contributed by atoms with van der Waals surface area (Å²) < 4.78 is 10.4. The van der Waals surface area contributed by atoms with Gasteiger partial charge in [-0.15, -0.1) is 0 Å². The third-order valence-electron chi connectivity index (χ3n) is 4.06. The summed E-state index contributed by atoms with van der Waals surface area (Å²) in [6.07, 6.45) is 2.89. The van der Waals surface area contributed by atoms with E-state index < -0.39 is 0 Å². The van der Waals surface area contributed by atoms with E-state index in [1.165, 1.54) is 19.5 Å². The van der Waals surface area contributed by atoms with Crippen LogP contribution in [0.1, 0.15) is 16.1 Å². The van der Waals surface area contributed by atoms with Crippen LogP contribution in [0.25, 0.3) is 0 Å². The molecular formula is C20H19ClN4O3. The molecule has 8 heteroatoms. The molecule has 2 aromatic carbocycles. The zero-order chi connectivity index (χ0) is 20.1. The highest BCUT2D eigenvalue weighted by molar-refractivity contribution is 6.31. The number of halogens is 1. The van der Waals surface area contributed by atoms with Gasteiger partial charge in [-0.25, -0.2) is 9.97 Å². The smallest absolute Gasteiger partial charge is 0.275 e. The van der Waals surface area contributed by atoms with E-state index in [0.29, 0.717) is 28.0 Å². The van der Waals surface area contributed by atoms with Crippen molar-refractivity contribution in [3.63, 3.8) is 0 Å². The highest BCUT2D eigenvalue weighted by Gasteiger charge is 2.11. The summed E-state index contributed by atoms with van der Waals surface area (Å²) in [5.41, 5.74) is 2.47. The summed E-state index contributed by atoms with van der Waals surface area (Å²) in [6.45, 7) is 1.91. The number of rotatable bonds is 6. The van der Waals surface area contributed by atoms with Crippen LogP contribution in [0.5, 0.6) is 11.5 Å². The van der Waals surface area contributed by atoms with Gasteiger partial charge in [0, 0.05) is 22.5 Å². The van der Waals surface area contributed by atoms with E-state index in [4.69, 9.17) is 21.1 Å². The fourth-order valence-corrected chi connectivity index (χ4v) is 2.67. The molecule has 0 saturated heterocycles. The van der Waals surface area contributed by atoms with Gasteiger partial charge in [0.05, 0.1) is 26.6 Å². The molecule has 0 unspecified atom stereocenters. The number of ether oxygens (including phenoxy) is 2. The Labute approximate surface area is 167 Å². The topological polar surface area (TPSA) is 85.4 Å². The average Bonchev–Trinajstić information content (AvgIpc) is 2.71. The number of aromatic nitrogens is 2. The van der Waals surface area contributed by atoms with Crippen molar-refractivity contribution in [1.82, 2.24) is 9.97 Å². The molecule has 0 aliphatic rings. The first-order chi connectivity index (χ1) is 13.5. The molecule has 7 nitrogen and oxygen atoms in total. The van der Waals surface area contributed by atoms with Gasteiger partial charge < -0.3 is 20.1 Å². The third kappa shape index (κ3) is 4.32. The molecule has 0 fully saturated rings. The highest BCUT2D eigenvalue weighted by Crippen LogP contribution is 2.30. The summed E-state index contributed by atoms with van der Waals surface area (Å²) in [5, 5.41) is 6.55. The summed E-state index contributed by atoms with van der Waals surface area (Å²) in [7, 11) is 3.08. The largest absolute Gasteiger partial charge is 0.493 e. The van der Waals surface area contributed by atoms with Gasteiger partial charge in [0.1, 0.15) is 11.5 Å². The molecule has 0 aliphatic carbocycles. The number of hydrogen-bond donors (Lipinski definition) is 2. The second-order valence-corrected chi connectivity index (χ2v) is 6.26. The van der Waals surface area contributed by atoms with Gasteiger partial charge in [0.15, 0.2) is 11.5 Å². The first kappa shape index (κ1) is 19.4. The number of amides is 1. The standard InChI is InChI=1S/C20H19ClN4O3/c1-12-14(21)5-4-6-15(12)25-19-11-22-16(10-23-19)20(26)24-13-7-8-17(27-2)18(9-13)28-3/h4-11H,1-3H3,(H,23,25)(H,24,26). The Bertz CT molecular complexity index is 993. The van der Waals surface area contributed by atoms with Crippen molar-refractivity contribution in [2.45, 2.75) is 6.92 Å². The minimum Gasteiger partial charge on any atom is -0.493 e. The first-order valence-electron chi connectivity index (χ1n) is 8.39. The van der Waals surface area contributed by atoms with Crippen LogP contribution >= 0.6 is 11.6 Å². The third-order valence-corrected chi connectivity index (χ3v) is 4.47. The number of benzene rings is 2. The van der Waals surface area contributed by atoms with Crippen molar-refractivity contribution >= 4 is 34.7 Å². The van der Waals surface area contributed by atoms with Crippen LogP contribution in [0.15, 0.2) is 48.8 Å². The number of nitrogens with zero attached hydrogens (tertiary/aromatic N) is 2. The Morgan fingerprint density at radius 3 is 2.50 bits per heavy atom. The number of carbonyl (C=O) groups excluding carboxylic acids is 1. The monoisotopic (exact) mass is 398 g/mol. The zero-order valence-corrected chi connectivity index (χ0v) is 16.4. The van der Waals surface area contributed by atoms with E-state index in [0.717, 1.165) is 11.3 Å². The SMILES string of the molecule is COc1ccc(NC(=O)c2cnc(Nc3cccc(Cl)c3C)cn2)cc1OC.